The number of fused-ring (bicyclic) bond motifs is 1. The Hall–Kier alpha value is -2.19. The van der Waals surface area contributed by atoms with Gasteiger partial charge < -0.3 is 5.32 Å². The minimum atomic E-state index is -0.151. The van der Waals surface area contributed by atoms with E-state index < -0.39 is 0 Å². The predicted molar refractivity (Wildman–Crippen MR) is 115 cm³/mol. The zero-order valence-electron chi connectivity index (χ0n) is 16.3. The van der Waals surface area contributed by atoms with Gasteiger partial charge in [0.05, 0.1) is 11.4 Å². The molecule has 2 aromatic heterocycles. The fraction of sp³-hybridized carbons (Fsp3) is 0.400. The molecule has 0 atom stereocenters. The summed E-state index contributed by atoms with van der Waals surface area (Å²) >= 11 is 3.04. The fourth-order valence-electron chi connectivity index (χ4n) is 2.83. The normalized spacial score (nSPS) is 11.3. The average molecular weight is 417 g/mol. The number of hydrogen-bond donors (Lipinski definition) is 1. The molecule has 0 unspecified atom stereocenters. The number of benzene rings is 1. The zero-order chi connectivity index (χ0) is 20.1. The van der Waals surface area contributed by atoms with Gasteiger partial charge in [-0.25, -0.2) is 4.98 Å². The van der Waals surface area contributed by atoms with Gasteiger partial charge in [0.1, 0.15) is 5.01 Å². The zero-order valence-corrected chi connectivity index (χ0v) is 17.9. The molecule has 3 aromatic rings. The van der Waals surface area contributed by atoms with Crippen LogP contribution in [0.15, 0.2) is 40.0 Å². The van der Waals surface area contributed by atoms with Crippen molar-refractivity contribution in [3.05, 3.63) is 51.4 Å². The molecule has 0 aliphatic carbocycles. The van der Waals surface area contributed by atoms with Crippen LogP contribution in [0.1, 0.15) is 56.7 Å². The lowest BCUT2D eigenvalue weighted by Crippen LogP contribution is -2.15. The number of rotatable bonds is 8. The van der Waals surface area contributed by atoms with Crippen molar-refractivity contribution in [3.8, 4) is 0 Å². The largest absolute Gasteiger partial charge is 0.325 e. The Bertz CT molecular complexity index is 1020. The first kappa shape index (κ1) is 20.5. The Morgan fingerprint density at radius 1 is 1.25 bits per heavy atom. The second kappa shape index (κ2) is 9.34. The first-order valence-corrected chi connectivity index (χ1v) is 11.3. The number of para-hydroxylation sites is 1. The highest BCUT2D eigenvalue weighted by molar-refractivity contribution is 7.98. The third-order valence-electron chi connectivity index (χ3n) is 4.51. The molecule has 28 heavy (non-hydrogen) atoms. The van der Waals surface area contributed by atoms with Crippen LogP contribution in [0.4, 0.5) is 5.69 Å². The van der Waals surface area contributed by atoms with Crippen molar-refractivity contribution in [1.82, 2.24) is 14.6 Å². The van der Waals surface area contributed by atoms with Crippen molar-refractivity contribution >= 4 is 39.7 Å². The number of aromatic nitrogens is 3. The van der Waals surface area contributed by atoms with Crippen molar-refractivity contribution in [2.45, 2.75) is 56.6 Å². The summed E-state index contributed by atoms with van der Waals surface area (Å²) < 4.78 is 1.40. The number of hydrogen-bond acceptors (Lipinski definition) is 6. The summed E-state index contributed by atoms with van der Waals surface area (Å²) in [6, 6.07) is 9.21. The summed E-state index contributed by atoms with van der Waals surface area (Å²) in [4.78, 5) is 30.4. The third kappa shape index (κ3) is 4.62. The van der Waals surface area contributed by atoms with E-state index in [1.807, 2.05) is 31.2 Å². The van der Waals surface area contributed by atoms with Crippen LogP contribution in [0.3, 0.4) is 0 Å². The van der Waals surface area contributed by atoms with Gasteiger partial charge in [-0.3, -0.25) is 9.59 Å². The van der Waals surface area contributed by atoms with E-state index in [4.69, 9.17) is 0 Å². The highest BCUT2D eigenvalue weighted by Crippen LogP contribution is 2.30. The number of thioether (sulfide) groups is 1. The van der Waals surface area contributed by atoms with Gasteiger partial charge in [-0.15, -0.1) is 11.8 Å². The maximum Gasteiger partial charge on any atom is 0.275 e. The third-order valence-corrected chi connectivity index (χ3v) is 6.68. The van der Waals surface area contributed by atoms with Gasteiger partial charge in [-0.05, 0) is 25.0 Å². The van der Waals surface area contributed by atoms with Crippen molar-refractivity contribution in [1.29, 1.82) is 0 Å². The van der Waals surface area contributed by atoms with Gasteiger partial charge in [-0.2, -0.15) is 9.61 Å². The van der Waals surface area contributed by atoms with Crippen molar-refractivity contribution in [2.75, 3.05) is 5.32 Å². The van der Waals surface area contributed by atoms with Gasteiger partial charge in [0.25, 0.3) is 5.56 Å². The molecule has 0 saturated carbocycles. The summed E-state index contributed by atoms with van der Waals surface area (Å²) in [6.45, 7) is 6.09. The van der Waals surface area contributed by atoms with Crippen LogP contribution in [-0.2, 0) is 10.5 Å². The molecule has 0 aliphatic rings. The van der Waals surface area contributed by atoms with Crippen molar-refractivity contribution in [3.63, 3.8) is 0 Å². The van der Waals surface area contributed by atoms with Crippen LogP contribution in [0.2, 0.25) is 0 Å². The minimum Gasteiger partial charge on any atom is -0.325 e. The molecule has 1 N–H and O–H groups in total. The van der Waals surface area contributed by atoms with Gasteiger partial charge in [-0.1, -0.05) is 44.2 Å². The van der Waals surface area contributed by atoms with E-state index in [0.29, 0.717) is 28.7 Å². The molecule has 0 aliphatic heterocycles. The van der Waals surface area contributed by atoms with Gasteiger partial charge in [0, 0.05) is 29.1 Å². The molecule has 0 saturated heterocycles. The van der Waals surface area contributed by atoms with E-state index in [1.165, 1.54) is 15.9 Å². The molecule has 2 heterocycles. The van der Waals surface area contributed by atoms with Crippen LogP contribution in [0, 0.1) is 0 Å². The predicted octanol–water partition coefficient (Wildman–Crippen LogP) is 4.70. The summed E-state index contributed by atoms with van der Waals surface area (Å²) in [5.41, 5.74) is 1.35. The topological polar surface area (TPSA) is 76.4 Å². The number of anilines is 1. The highest BCUT2D eigenvalue weighted by atomic mass is 32.2. The Balaban J connectivity index is 1.82. The first-order valence-electron chi connectivity index (χ1n) is 9.47. The van der Waals surface area contributed by atoms with E-state index in [0.717, 1.165) is 28.4 Å². The minimum absolute atomic E-state index is 0.0237. The van der Waals surface area contributed by atoms with E-state index in [-0.39, 0.29) is 11.5 Å². The Morgan fingerprint density at radius 3 is 2.71 bits per heavy atom. The van der Waals surface area contributed by atoms with Gasteiger partial charge >= 0.3 is 0 Å². The van der Waals surface area contributed by atoms with Crippen LogP contribution >= 0.6 is 23.1 Å². The quantitative estimate of drug-likeness (QED) is 0.539. The summed E-state index contributed by atoms with van der Waals surface area (Å²) in [5, 5.41) is 8.35. The number of nitrogens with one attached hydrogen (secondary N) is 1. The maximum absolute atomic E-state index is 12.5. The molecular weight excluding hydrogens is 392 g/mol. The molecule has 148 valence electrons. The lowest BCUT2D eigenvalue weighted by atomic mass is 10.1. The van der Waals surface area contributed by atoms with Gasteiger partial charge in [0.2, 0.25) is 10.9 Å². The highest BCUT2D eigenvalue weighted by Gasteiger charge is 2.15. The molecule has 6 nitrogen and oxygen atoms in total. The fourth-order valence-corrected chi connectivity index (χ4v) is 4.92. The lowest BCUT2D eigenvalue weighted by molar-refractivity contribution is -0.115. The molecule has 1 aromatic carbocycles. The van der Waals surface area contributed by atoms with E-state index in [1.54, 1.807) is 17.8 Å². The van der Waals surface area contributed by atoms with Crippen molar-refractivity contribution in [2.24, 2.45) is 0 Å². The maximum atomic E-state index is 12.5. The van der Waals surface area contributed by atoms with Crippen molar-refractivity contribution < 1.29 is 4.79 Å². The van der Waals surface area contributed by atoms with E-state index in [2.05, 4.69) is 29.2 Å². The molecule has 0 bridgehead atoms. The number of carbonyl (C=O) groups is 1. The van der Waals surface area contributed by atoms with Crippen LogP contribution < -0.4 is 10.9 Å². The summed E-state index contributed by atoms with van der Waals surface area (Å²) in [7, 11) is 0. The van der Waals surface area contributed by atoms with Crippen LogP contribution in [-0.4, -0.2) is 20.5 Å². The molecule has 0 radical (unpaired) electrons. The van der Waals surface area contributed by atoms with E-state index in [9.17, 15) is 9.59 Å². The number of amides is 1. The monoisotopic (exact) mass is 416 g/mol. The SMILES string of the molecule is CCC(=O)Nc1ccccc1SCc1cc(=O)n2nc(C(CC)CC)sc2n1. The number of nitrogens with zero attached hydrogens (tertiary/aromatic N) is 3. The Labute approximate surface area is 172 Å². The van der Waals surface area contributed by atoms with E-state index >= 15 is 0 Å². The average Bonchev–Trinajstić information content (AvgIpc) is 3.12. The number of carbonyl (C=O) groups excluding carboxylic acids is 1. The molecular formula is C20H24N4O2S2. The smallest absolute Gasteiger partial charge is 0.275 e. The standard InChI is InChI=1S/C20H24N4O2S2/c1-4-13(5-2)19-23-24-18(26)11-14(21-20(24)28-19)12-27-16-10-8-7-9-15(16)22-17(25)6-3/h7-11,13H,4-6,12H2,1-3H3,(H,22,25). The molecule has 8 heteroatoms. The Kier molecular flexibility index (Phi) is 6.85. The second-order valence-corrected chi connectivity index (χ2v) is 8.43. The van der Waals surface area contributed by atoms with Crippen LogP contribution in [0.25, 0.3) is 4.96 Å². The second-order valence-electron chi connectivity index (χ2n) is 6.42. The molecule has 1 amide bonds. The Morgan fingerprint density at radius 2 is 2.00 bits per heavy atom. The summed E-state index contributed by atoms with van der Waals surface area (Å²) in [5.74, 6) is 0.880. The molecule has 0 spiro atoms. The van der Waals surface area contributed by atoms with Crippen LogP contribution in [0.5, 0.6) is 0 Å². The van der Waals surface area contributed by atoms with Gasteiger partial charge in [0.15, 0.2) is 0 Å². The first-order chi connectivity index (χ1) is 13.5. The molecule has 0 fully saturated rings. The molecule has 3 rings (SSSR count). The summed E-state index contributed by atoms with van der Waals surface area (Å²) in [6.07, 6.45) is 2.42. The lowest BCUT2D eigenvalue weighted by Gasteiger charge is -2.09.